The molecule has 29 heavy (non-hydrogen) atoms. The monoisotopic (exact) mass is 394 g/mol. The molecule has 0 saturated heterocycles. The highest BCUT2D eigenvalue weighted by atomic mass is 16.5. The van der Waals surface area contributed by atoms with E-state index in [1.54, 1.807) is 6.07 Å². The Kier molecular flexibility index (Phi) is 4.97. The summed E-state index contributed by atoms with van der Waals surface area (Å²) < 4.78 is 12.4. The average Bonchev–Trinajstić information content (AvgIpc) is 2.66. The molecule has 2 N–H and O–H groups in total. The third-order valence-corrected chi connectivity index (χ3v) is 6.00. The highest BCUT2D eigenvalue weighted by molar-refractivity contribution is 5.55. The maximum atomic E-state index is 10.9. The standard InChI is InChI=1S/C25H30O4/c1-15(2)5-7-19-21(26)9-8-18(23(19)27)17-13-16-6-10-22-20(24(16)28-14-17)11-12-25(3,4)29-22/h5-6,8-10,17,26-27H,7,11-14H2,1-4H3/t17-/m0/s1. The zero-order valence-electron chi connectivity index (χ0n) is 17.7. The third-order valence-electron chi connectivity index (χ3n) is 6.00. The van der Waals surface area contributed by atoms with Crippen molar-refractivity contribution >= 4 is 0 Å². The Morgan fingerprint density at radius 1 is 1.17 bits per heavy atom. The van der Waals surface area contributed by atoms with Crippen LogP contribution in [0.5, 0.6) is 23.0 Å². The van der Waals surface area contributed by atoms with Crippen LogP contribution in [-0.4, -0.2) is 22.4 Å². The fraction of sp³-hybridized carbons (Fsp3) is 0.440. The van der Waals surface area contributed by atoms with Gasteiger partial charge in [0.15, 0.2) is 0 Å². The topological polar surface area (TPSA) is 58.9 Å². The minimum atomic E-state index is -0.141. The molecule has 4 nitrogen and oxygen atoms in total. The van der Waals surface area contributed by atoms with Gasteiger partial charge < -0.3 is 19.7 Å². The average molecular weight is 395 g/mol. The van der Waals surface area contributed by atoms with Gasteiger partial charge in [-0.3, -0.25) is 0 Å². The molecule has 0 saturated carbocycles. The molecule has 154 valence electrons. The van der Waals surface area contributed by atoms with E-state index in [4.69, 9.17) is 9.47 Å². The van der Waals surface area contributed by atoms with Crippen molar-refractivity contribution in [1.29, 1.82) is 0 Å². The van der Waals surface area contributed by atoms with Crippen molar-refractivity contribution in [3.8, 4) is 23.0 Å². The van der Waals surface area contributed by atoms with E-state index in [1.165, 1.54) is 5.56 Å². The second kappa shape index (κ2) is 7.33. The van der Waals surface area contributed by atoms with Crippen molar-refractivity contribution in [3.05, 3.63) is 58.2 Å². The number of phenols is 2. The van der Waals surface area contributed by atoms with E-state index in [0.29, 0.717) is 18.6 Å². The second-order valence-electron chi connectivity index (χ2n) is 9.09. The van der Waals surface area contributed by atoms with E-state index in [2.05, 4.69) is 26.0 Å². The van der Waals surface area contributed by atoms with E-state index < -0.39 is 0 Å². The Morgan fingerprint density at radius 3 is 2.72 bits per heavy atom. The van der Waals surface area contributed by atoms with Gasteiger partial charge in [0.25, 0.3) is 0 Å². The molecule has 2 aliphatic rings. The lowest BCUT2D eigenvalue weighted by Crippen LogP contribution is -2.33. The van der Waals surface area contributed by atoms with Gasteiger partial charge in [-0.1, -0.05) is 23.8 Å². The molecule has 0 fully saturated rings. The van der Waals surface area contributed by atoms with Gasteiger partial charge in [-0.2, -0.15) is 0 Å². The lowest BCUT2D eigenvalue weighted by atomic mass is 9.85. The molecule has 0 radical (unpaired) electrons. The normalized spacial score (nSPS) is 19.4. The molecule has 0 aromatic heterocycles. The van der Waals surface area contributed by atoms with Crippen molar-refractivity contribution < 1.29 is 19.7 Å². The van der Waals surface area contributed by atoms with Crippen LogP contribution in [0.2, 0.25) is 0 Å². The summed E-state index contributed by atoms with van der Waals surface area (Å²) in [5.41, 5.74) is 4.74. The lowest BCUT2D eigenvalue weighted by molar-refractivity contribution is 0.0826. The van der Waals surface area contributed by atoms with Gasteiger partial charge in [0.2, 0.25) is 0 Å². The third kappa shape index (κ3) is 3.81. The van der Waals surface area contributed by atoms with Crippen LogP contribution in [0.3, 0.4) is 0 Å². The zero-order chi connectivity index (χ0) is 20.8. The Bertz CT molecular complexity index is 967. The molecule has 2 heterocycles. The van der Waals surface area contributed by atoms with Gasteiger partial charge in [-0.25, -0.2) is 0 Å². The summed E-state index contributed by atoms with van der Waals surface area (Å²) in [4.78, 5) is 0. The highest BCUT2D eigenvalue weighted by Gasteiger charge is 2.33. The Labute approximate surface area is 172 Å². The van der Waals surface area contributed by atoms with Crippen molar-refractivity contribution in [2.45, 2.75) is 64.9 Å². The van der Waals surface area contributed by atoms with Gasteiger partial charge in [0.1, 0.15) is 28.6 Å². The molecule has 0 spiro atoms. The first-order valence-electron chi connectivity index (χ1n) is 10.4. The quantitative estimate of drug-likeness (QED) is 0.682. The fourth-order valence-electron chi connectivity index (χ4n) is 4.29. The number of rotatable bonds is 3. The van der Waals surface area contributed by atoms with E-state index in [0.717, 1.165) is 47.5 Å². The zero-order valence-corrected chi connectivity index (χ0v) is 17.7. The summed E-state index contributed by atoms with van der Waals surface area (Å²) in [7, 11) is 0. The Morgan fingerprint density at radius 2 is 1.97 bits per heavy atom. The number of hydrogen-bond donors (Lipinski definition) is 2. The minimum absolute atomic E-state index is 0.0487. The van der Waals surface area contributed by atoms with Gasteiger partial charge in [0, 0.05) is 22.6 Å². The second-order valence-corrected chi connectivity index (χ2v) is 9.09. The Balaban J connectivity index is 1.63. The SMILES string of the molecule is CC(C)=CCc1c(O)ccc([C@@H]2COc3c(ccc4c3CCC(C)(C)O4)C2)c1O. The van der Waals surface area contributed by atoms with Crippen molar-refractivity contribution in [2.75, 3.05) is 6.61 Å². The molecule has 2 aliphatic heterocycles. The molecule has 0 amide bonds. The van der Waals surface area contributed by atoms with Gasteiger partial charge in [0.05, 0.1) is 6.61 Å². The summed E-state index contributed by atoms with van der Waals surface area (Å²) in [5, 5.41) is 21.1. The van der Waals surface area contributed by atoms with E-state index in [1.807, 2.05) is 26.0 Å². The molecule has 0 unspecified atom stereocenters. The molecule has 0 aliphatic carbocycles. The smallest absolute Gasteiger partial charge is 0.129 e. The van der Waals surface area contributed by atoms with Crippen molar-refractivity contribution in [2.24, 2.45) is 0 Å². The molecular formula is C25H30O4. The van der Waals surface area contributed by atoms with Crippen molar-refractivity contribution in [3.63, 3.8) is 0 Å². The van der Waals surface area contributed by atoms with E-state index in [9.17, 15) is 10.2 Å². The summed E-state index contributed by atoms with van der Waals surface area (Å²) >= 11 is 0. The largest absolute Gasteiger partial charge is 0.508 e. The number of phenolic OH excluding ortho intramolecular Hbond substituents is 2. The van der Waals surface area contributed by atoms with Crippen LogP contribution >= 0.6 is 0 Å². The molecule has 1 atom stereocenters. The Hall–Kier alpha value is -2.62. The van der Waals surface area contributed by atoms with Crippen LogP contribution in [0, 0.1) is 0 Å². The van der Waals surface area contributed by atoms with Crippen LogP contribution in [0.15, 0.2) is 35.9 Å². The lowest BCUT2D eigenvalue weighted by Gasteiger charge is -2.36. The predicted octanol–water partition coefficient (Wildman–Crippen LogP) is 5.43. The summed E-state index contributed by atoms with van der Waals surface area (Å²) in [6.07, 6.45) is 5.24. The number of hydrogen-bond acceptors (Lipinski definition) is 4. The van der Waals surface area contributed by atoms with Crippen molar-refractivity contribution in [1.82, 2.24) is 0 Å². The number of aromatic hydroxyl groups is 2. The molecule has 2 aromatic rings. The minimum Gasteiger partial charge on any atom is -0.508 e. The number of ether oxygens (including phenoxy) is 2. The number of allylic oxidation sites excluding steroid dienone is 2. The first kappa shape index (κ1) is 19.7. The van der Waals surface area contributed by atoms with E-state index in [-0.39, 0.29) is 23.0 Å². The number of benzene rings is 2. The number of fused-ring (bicyclic) bond motifs is 3. The van der Waals surface area contributed by atoms with Gasteiger partial charge >= 0.3 is 0 Å². The van der Waals surface area contributed by atoms with Crippen LogP contribution < -0.4 is 9.47 Å². The first-order chi connectivity index (χ1) is 13.7. The van der Waals surface area contributed by atoms with Gasteiger partial charge in [-0.15, -0.1) is 0 Å². The maximum Gasteiger partial charge on any atom is 0.129 e. The van der Waals surface area contributed by atoms with Gasteiger partial charge in [-0.05, 0) is 71.1 Å². The summed E-state index contributed by atoms with van der Waals surface area (Å²) in [5.74, 6) is 2.25. The summed E-state index contributed by atoms with van der Waals surface area (Å²) in [6.45, 7) is 8.76. The summed E-state index contributed by atoms with van der Waals surface area (Å²) in [6, 6.07) is 7.64. The van der Waals surface area contributed by atoms with Crippen LogP contribution in [0.1, 0.15) is 62.3 Å². The molecule has 0 bridgehead atoms. The highest BCUT2D eigenvalue weighted by Crippen LogP contribution is 2.45. The van der Waals surface area contributed by atoms with E-state index >= 15 is 0 Å². The van der Waals surface area contributed by atoms with Crippen LogP contribution in [-0.2, 0) is 19.3 Å². The first-order valence-corrected chi connectivity index (χ1v) is 10.4. The predicted molar refractivity (Wildman–Crippen MR) is 114 cm³/mol. The van der Waals surface area contributed by atoms with Crippen LogP contribution in [0.4, 0.5) is 0 Å². The molecule has 4 rings (SSSR count). The molecular weight excluding hydrogens is 364 g/mol. The fourth-order valence-corrected chi connectivity index (χ4v) is 4.29. The maximum absolute atomic E-state index is 10.9. The molecule has 4 heteroatoms. The molecule has 2 aromatic carbocycles. The van der Waals surface area contributed by atoms with Crippen LogP contribution in [0.25, 0.3) is 0 Å².